The summed E-state index contributed by atoms with van der Waals surface area (Å²) in [5.74, 6) is 3.40. The Bertz CT molecular complexity index is 550. The normalized spacial score (nSPS) is 56.1. The van der Waals surface area contributed by atoms with Crippen LogP contribution in [0.1, 0.15) is 79.1 Å². The number of aliphatic hydroxyl groups excluding tert-OH is 3. The molecule has 4 fully saturated rings. The van der Waals surface area contributed by atoms with Crippen LogP contribution in [0.4, 0.5) is 0 Å². The summed E-state index contributed by atoms with van der Waals surface area (Å²) in [5.41, 5.74) is 0.561. The minimum Gasteiger partial charge on any atom is -0.396 e. The van der Waals surface area contributed by atoms with Gasteiger partial charge in [0.25, 0.3) is 0 Å². The third kappa shape index (κ3) is 2.78. The van der Waals surface area contributed by atoms with Gasteiger partial charge in [0.2, 0.25) is 0 Å². The molecule has 0 saturated heterocycles. The third-order valence-electron chi connectivity index (χ3n) is 10.4. The summed E-state index contributed by atoms with van der Waals surface area (Å²) in [5, 5.41) is 31.8. The lowest BCUT2D eigenvalue weighted by molar-refractivity contribution is -0.203. The maximum Gasteiger partial charge on any atom is 0.0605 e. The molecule has 4 aliphatic carbocycles. The predicted octanol–water partition coefficient (Wildman–Crippen LogP) is 4.24. The summed E-state index contributed by atoms with van der Waals surface area (Å²) in [6, 6.07) is 0. The molecule has 0 aromatic rings. The van der Waals surface area contributed by atoms with Crippen LogP contribution in [0.2, 0.25) is 0 Å². The second kappa shape index (κ2) is 6.99. The van der Waals surface area contributed by atoms with Gasteiger partial charge in [0.15, 0.2) is 0 Å². The van der Waals surface area contributed by atoms with E-state index in [0.717, 1.165) is 25.7 Å². The monoisotopic (exact) mass is 378 g/mol. The molecular formula is C24H42O3. The van der Waals surface area contributed by atoms with Crippen molar-refractivity contribution in [2.24, 2.45) is 52.3 Å². The van der Waals surface area contributed by atoms with Gasteiger partial charge in [-0.05, 0) is 97.2 Å². The van der Waals surface area contributed by atoms with Crippen LogP contribution in [-0.4, -0.2) is 34.1 Å². The molecule has 0 radical (unpaired) electrons. The summed E-state index contributed by atoms with van der Waals surface area (Å²) in [4.78, 5) is 0. The second-order valence-corrected chi connectivity index (χ2v) is 11.3. The molecule has 11 atom stereocenters. The van der Waals surface area contributed by atoms with E-state index in [9.17, 15) is 15.3 Å². The molecule has 0 spiro atoms. The van der Waals surface area contributed by atoms with E-state index in [1.807, 2.05) is 0 Å². The molecule has 0 aromatic carbocycles. The van der Waals surface area contributed by atoms with Crippen molar-refractivity contribution in [3.63, 3.8) is 0 Å². The van der Waals surface area contributed by atoms with Crippen LogP contribution in [0.3, 0.4) is 0 Å². The van der Waals surface area contributed by atoms with Gasteiger partial charge in [0.05, 0.1) is 12.2 Å². The zero-order chi connectivity index (χ0) is 19.6. The first-order valence-electron chi connectivity index (χ1n) is 11.7. The molecule has 3 nitrogen and oxygen atoms in total. The maximum absolute atomic E-state index is 11.6. The van der Waals surface area contributed by atoms with Gasteiger partial charge in [-0.2, -0.15) is 0 Å². The van der Waals surface area contributed by atoms with Crippen molar-refractivity contribution >= 4 is 0 Å². The Morgan fingerprint density at radius 2 is 1.59 bits per heavy atom. The first kappa shape index (κ1) is 20.2. The Labute approximate surface area is 165 Å². The lowest BCUT2D eigenvalue weighted by Gasteiger charge is -2.64. The van der Waals surface area contributed by atoms with Crippen LogP contribution in [0, 0.1) is 52.3 Å². The quantitative estimate of drug-likeness (QED) is 0.688. The summed E-state index contributed by atoms with van der Waals surface area (Å²) >= 11 is 0. The number of aliphatic hydroxyl groups is 3. The molecule has 0 aliphatic heterocycles. The molecule has 4 rings (SSSR count). The van der Waals surface area contributed by atoms with E-state index in [0.29, 0.717) is 48.0 Å². The van der Waals surface area contributed by atoms with Gasteiger partial charge >= 0.3 is 0 Å². The predicted molar refractivity (Wildman–Crippen MR) is 108 cm³/mol. The molecule has 4 saturated carbocycles. The van der Waals surface area contributed by atoms with Gasteiger partial charge in [0.1, 0.15) is 0 Å². The Morgan fingerprint density at radius 1 is 0.926 bits per heavy atom. The molecule has 27 heavy (non-hydrogen) atoms. The van der Waals surface area contributed by atoms with Crippen LogP contribution < -0.4 is 0 Å². The van der Waals surface area contributed by atoms with E-state index >= 15 is 0 Å². The molecule has 5 unspecified atom stereocenters. The summed E-state index contributed by atoms with van der Waals surface area (Å²) in [6.45, 7) is 9.73. The average molecular weight is 379 g/mol. The largest absolute Gasteiger partial charge is 0.396 e. The van der Waals surface area contributed by atoms with Crippen molar-refractivity contribution in [2.75, 3.05) is 6.61 Å². The van der Waals surface area contributed by atoms with Crippen molar-refractivity contribution in [2.45, 2.75) is 91.3 Å². The SMILES string of the molecule is CCC1C(O)[C@H]2[C@@H]3CC[C@H](C(C)CO)[C@@]3(C)CC[C@@H]2[C@@]2(C)CCC(O)CC12. The highest BCUT2D eigenvalue weighted by atomic mass is 16.3. The molecule has 3 N–H and O–H groups in total. The van der Waals surface area contributed by atoms with E-state index in [-0.39, 0.29) is 23.0 Å². The van der Waals surface area contributed by atoms with Gasteiger partial charge in [-0.3, -0.25) is 0 Å². The number of rotatable bonds is 3. The highest BCUT2D eigenvalue weighted by Gasteiger charge is 2.64. The summed E-state index contributed by atoms with van der Waals surface area (Å²) in [6.07, 6.45) is 8.52. The van der Waals surface area contributed by atoms with Crippen LogP contribution >= 0.6 is 0 Å². The van der Waals surface area contributed by atoms with Crippen molar-refractivity contribution < 1.29 is 15.3 Å². The van der Waals surface area contributed by atoms with Crippen LogP contribution in [0.15, 0.2) is 0 Å². The fourth-order valence-electron chi connectivity index (χ4n) is 9.06. The highest BCUT2D eigenvalue weighted by Crippen LogP contribution is 2.69. The van der Waals surface area contributed by atoms with E-state index < -0.39 is 0 Å². The molecule has 0 bridgehead atoms. The van der Waals surface area contributed by atoms with Crippen molar-refractivity contribution in [3.8, 4) is 0 Å². The fourth-order valence-corrected chi connectivity index (χ4v) is 9.06. The lowest BCUT2D eigenvalue weighted by atomic mass is 9.41. The summed E-state index contributed by atoms with van der Waals surface area (Å²) in [7, 11) is 0. The average Bonchev–Trinajstić information content (AvgIpc) is 3.00. The number of hydrogen-bond acceptors (Lipinski definition) is 3. The van der Waals surface area contributed by atoms with Gasteiger partial charge in [-0.25, -0.2) is 0 Å². The molecule has 156 valence electrons. The molecular weight excluding hydrogens is 336 g/mol. The Balaban J connectivity index is 1.69. The Hall–Kier alpha value is -0.120. The summed E-state index contributed by atoms with van der Waals surface area (Å²) < 4.78 is 0. The van der Waals surface area contributed by atoms with Crippen molar-refractivity contribution in [3.05, 3.63) is 0 Å². The fraction of sp³-hybridized carbons (Fsp3) is 1.00. The maximum atomic E-state index is 11.6. The zero-order valence-electron chi connectivity index (χ0n) is 17.9. The zero-order valence-corrected chi connectivity index (χ0v) is 17.9. The number of hydrogen-bond donors (Lipinski definition) is 3. The lowest BCUT2D eigenvalue weighted by Crippen LogP contribution is -2.62. The van der Waals surface area contributed by atoms with E-state index in [1.54, 1.807) is 0 Å². The smallest absolute Gasteiger partial charge is 0.0605 e. The van der Waals surface area contributed by atoms with E-state index in [4.69, 9.17) is 0 Å². The Kier molecular flexibility index (Phi) is 5.22. The molecule has 4 aliphatic rings. The van der Waals surface area contributed by atoms with E-state index in [2.05, 4.69) is 27.7 Å². The van der Waals surface area contributed by atoms with Gasteiger partial charge in [0, 0.05) is 6.61 Å². The standard InChI is InChI=1S/C24H42O3/c1-5-16-20-12-15(26)8-10-24(20,4)19-9-11-23(3)17(14(2)13-25)6-7-18(23)21(19)22(16)27/h14-22,25-27H,5-13H2,1-4H3/t14?,15?,16?,17-,18+,19+,20?,21+,22?,23-,24-/m1/s1. The molecule has 0 aromatic heterocycles. The van der Waals surface area contributed by atoms with Gasteiger partial charge in [-0.15, -0.1) is 0 Å². The van der Waals surface area contributed by atoms with E-state index in [1.165, 1.54) is 25.7 Å². The van der Waals surface area contributed by atoms with Crippen molar-refractivity contribution in [1.82, 2.24) is 0 Å². The first-order chi connectivity index (χ1) is 12.8. The van der Waals surface area contributed by atoms with Crippen LogP contribution in [0.25, 0.3) is 0 Å². The number of fused-ring (bicyclic) bond motifs is 5. The molecule has 0 heterocycles. The molecule has 0 amide bonds. The van der Waals surface area contributed by atoms with Crippen molar-refractivity contribution in [1.29, 1.82) is 0 Å². The molecule has 3 heteroatoms. The topological polar surface area (TPSA) is 60.7 Å². The minimum atomic E-state index is -0.212. The van der Waals surface area contributed by atoms with Gasteiger partial charge < -0.3 is 15.3 Å². The highest BCUT2D eigenvalue weighted by molar-refractivity contribution is 5.13. The first-order valence-corrected chi connectivity index (χ1v) is 11.7. The second-order valence-electron chi connectivity index (χ2n) is 11.3. The van der Waals surface area contributed by atoms with Crippen LogP contribution in [0.5, 0.6) is 0 Å². The third-order valence-corrected chi connectivity index (χ3v) is 10.4. The Morgan fingerprint density at radius 3 is 2.26 bits per heavy atom. The minimum absolute atomic E-state index is 0.170. The van der Waals surface area contributed by atoms with Crippen LogP contribution in [-0.2, 0) is 0 Å². The van der Waals surface area contributed by atoms with Gasteiger partial charge in [-0.1, -0.05) is 34.1 Å².